The Balaban J connectivity index is -0.0000000848. The molecule has 0 saturated heterocycles. The molecule has 0 radical (unpaired) electrons. The van der Waals surface area contributed by atoms with Gasteiger partial charge in [-0.2, -0.15) is 0 Å². The lowest BCUT2D eigenvalue weighted by molar-refractivity contribution is -0.138. The zero-order valence-corrected chi connectivity index (χ0v) is 20.3. The van der Waals surface area contributed by atoms with E-state index < -0.39 is 0 Å². The lowest BCUT2D eigenvalue weighted by Crippen LogP contribution is -2.11. The first-order valence-corrected chi connectivity index (χ1v) is 9.11. The average Bonchev–Trinajstić information content (AvgIpc) is 2.68. The number of methoxy groups -OCH3 is 1. The van der Waals surface area contributed by atoms with Gasteiger partial charge in [0.2, 0.25) is 5.91 Å². The van der Waals surface area contributed by atoms with Crippen LogP contribution in [0.4, 0.5) is 0 Å². The molecule has 0 fully saturated rings. The number of hydrogen-bond acceptors (Lipinski definition) is 7. The van der Waals surface area contributed by atoms with Gasteiger partial charge in [-0.15, -0.1) is 0 Å². The van der Waals surface area contributed by atoms with Crippen molar-refractivity contribution in [3.05, 3.63) is 24.0 Å². The van der Waals surface area contributed by atoms with E-state index in [2.05, 4.69) is 24.8 Å². The second-order valence-electron chi connectivity index (χ2n) is 5.02. The Labute approximate surface area is 177 Å². The first kappa shape index (κ1) is 37.2. The minimum absolute atomic E-state index is 0.00463. The third-order valence-corrected chi connectivity index (χ3v) is 2.44. The van der Waals surface area contributed by atoms with Gasteiger partial charge in [-0.25, -0.2) is 0 Å². The summed E-state index contributed by atoms with van der Waals surface area (Å²) >= 11 is 0. The summed E-state index contributed by atoms with van der Waals surface area (Å²) < 4.78 is 8.73. The number of nitrogens with zero attached hydrogens (tertiary/aromatic N) is 1. The SMILES string of the molecule is C/C=C(/C)OC(C)=O.C/C=C/C.CC/C(C)=N/OC.CNC(C)=O.COC(C)=O. The Kier molecular flexibility index (Phi) is 42.3. The van der Waals surface area contributed by atoms with Crippen molar-refractivity contribution in [3.63, 3.8) is 0 Å². The molecule has 1 amide bonds. The molecule has 1 N–H and O–H groups in total. The number of carbonyl (C=O) groups excluding carboxylic acids is 3. The predicted octanol–water partition coefficient (Wildman–Crippen LogP) is 4.41. The number of nitrogens with one attached hydrogen (secondary N) is 1. The molecule has 172 valence electrons. The van der Waals surface area contributed by atoms with Crippen molar-refractivity contribution in [2.24, 2.45) is 5.16 Å². The highest BCUT2D eigenvalue weighted by atomic mass is 16.6. The van der Waals surface area contributed by atoms with Crippen molar-refractivity contribution in [1.82, 2.24) is 5.32 Å². The molecule has 0 atom stereocenters. The summed E-state index contributed by atoms with van der Waals surface area (Å²) in [5.41, 5.74) is 1.03. The van der Waals surface area contributed by atoms with Crippen molar-refractivity contribution >= 4 is 23.6 Å². The molecule has 8 nitrogen and oxygen atoms in total. The van der Waals surface area contributed by atoms with E-state index in [0.29, 0.717) is 5.76 Å². The summed E-state index contributed by atoms with van der Waals surface area (Å²) in [4.78, 5) is 33.9. The molecule has 0 aromatic heterocycles. The maximum atomic E-state index is 10.1. The summed E-state index contributed by atoms with van der Waals surface area (Å²) in [5.74, 6) is 0.146. The van der Waals surface area contributed by atoms with Gasteiger partial charge >= 0.3 is 11.9 Å². The van der Waals surface area contributed by atoms with Crippen LogP contribution < -0.4 is 5.32 Å². The standard InChI is InChI=1S/C6H10O2.C5H11NO.C4H8.C3H7NO.C3H6O2/c1-4-5(2)8-6(3)7;1-4-5(2)6-7-3;1-3-4-2;1-3(5)4-2;1-3(4)5-2/h4H,1-3H3;4H2,1-3H3;3-4H,1-2H3;1-2H3,(H,4,5);1-2H3/b5-4-;6-5+;4-3+;;. The van der Waals surface area contributed by atoms with Crippen LogP contribution in [0.15, 0.2) is 29.1 Å². The summed E-state index contributed by atoms with van der Waals surface area (Å²) in [7, 11) is 4.50. The molecule has 0 aromatic rings. The first-order chi connectivity index (χ1) is 13.4. The van der Waals surface area contributed by atoms with Crippen LogP contribution in [0.1, 0.15) is 68.7 Å². The fourth-order valence-electron chi connectivity index (χ4n) is 0.506. The Morgan fingerprint density at radius 1 is 0.897 bits per heavy atom. The van der Waals surface area contributed by atoms with E-state index in [1.165, 1.54) is 27.9 Å². The highest BCUT2D eigenvalue weighted by molar-refractivity contribution is 5.80. The normalized spacial score (nSPS) is 9.52. The highest BCUT2D eigenvalue weighted by Crippen LogP contribution is 1.92. The van der Waals surface area contributed by atoms with E-state index in [1.54, 1.807) is 27.2 Å². The van der Waals surface area contributed by atoms with Gasteiger partial charge in [-0.1, -0.05) is 24.2 Å². The smallest absolute Gasteiger partial charge is 0.307 e. The van der Waals surface area contributed by atoms with E-state index in [9.17, 15) is 14.4 Å². The molecule has 0 rings (SSSR count). The van der Waals surface area contributed by atoms with Crippen LogP contribution in [-0.4, -0.2) is 44.8 Å². The van der Waals surface area contributed by atoms with E-state index >= 15 is 0 Å². The average molecular weight is 419 g/mol. The van der Waals surface area contributed by atoms with E-state index in [1.807, 2.05) is 46.8 Å². The quantitative estimate of drug-likeness (QED) is 0.239. The predicted molar refractivity (Wildman–Crippen MR) is 120 cm³/mol. The van der Waals surface area contributed by atoms with Gasteiger partial charge in [-0.05, 0) is 47.1 Å². The molecule has 8 heteroatoms. The molecule has 0 aromatic carbocycles. The van der Waals surface area contributed by atoms with Gasteiger partial charge in [0.1, 0.15) is 12.9 Å². The molecule has 0 aliphatic heterocycles. The largest absolute Gasteiger partial charge is 0.469 e. The molecule has 0 aliphatic rings. The molecular weight excluding hydrogens is 376 g/mol. The van der Waals surface area contributed by atoms with Gasteiger partial charge < -0.3 is 19.6 Å². The van der Waals surface area contributed by atoms with Gasteiger partial charge in [0.25, 0.3) is 0 Å². The maximum Gasteiger partial charge on any atom is 0.307 e. The number of ether oxygens (including phenoxy) is 2. The Bertz CT molecular complexity index is 466. The van der Waals surface area contributed by atoms with Crippen LogP contribution in [0.25, 0.3) is 0 Å². The number of allylic oxidation sites excluding steroid dienone is 4. The molecule has 0 aliphatic carbocycles. The molecule has 0 saturated carbocycles. The van der Waals surface area contributed by atoms with Crippen LogP contribution in [0, 0.1) is 0 Å². The molecule has 0 spiro atoms. The second kappa shape index (κ2) is 33.0. The van der Waals surface area contributed by atoms with Gasteiger partial charge in [0, 0.05) is 27.8 Å². The number of oxime groups is 1. The molecule has 0 heterocycles. The van der Waals surface area contributed by atoms with Gasteiger partial charge in [0.05, 0.1) is 12.8 Å². The number of rotatable bonds is 3. The van der Waals surface area contributed by atoms with Crippen molar-refractivity contribution in [2.45, 2.75) is 68.7 Å². The maximum absolute atomic E-state index is 10.1. The topological polar surface area (TPSA) is 103 Å². The molecular formula is C21H42N2O6. The van der Waals surface area contributed by atoms with Gasteiger partial charge in [-0.3, -0.25) is 14.4 Å². The Morgan fingerprint density at radius 2 is 1.28 bits per heavy atom. The number of carbonyl (C=O) groups is 3. The third kappa shape index (κ3) is 77.5. The molecule has 0 unspecified atom stereocenters. The number of esters is 2. The Morgan fingerprint density at radius 3 is 1.34 bits per heavy atom. The fraction of sp³-hybridized carbons (Fsp3) is 0.619. The highest BCUT2D eigenvalue weighted by Gasteiger charge is 1.90. The van der Waals surface area contributed by atoms with Gasteiger partial charge in [0.15, 0.2) is 0 Å². The fourth-order valence-corrected chi connectivity index (χ4v) is 0.506. The second-order valence-corrected chi connectivity index (χ2v) is 5.02. The monoisotopic (exact) mass is 418 g/mol. The lowest BCUT2D eigenvalue weighted by atomic mass is 10.3. The zero-order valence-electron chi connectivity index (χ0n) is 20.3. The lowest BCUT2D eigenvalue weighted by Gasteiger charge is -1.96. The minimum atomic E-state index is -0.263. The third-order valence-electron chi connectivity index (χ3n) is 2.44. The van der Waals surface area contributed by atoms with Crippen LogP contribution in [0.3, 0.4) is 0 Å². The van der Waals surface area contributed by atoms with Crippen molar-refractivity contribution in [2.75, 3.05) is 21.3 Å². The summed E-state index contributed by atoms with van der Waals surface area (Å²) in [5, 5.41) is 6.05. The van der Waals surface area contributed by atoms with E-state index in [-0.39, 0.29) is 17.8 Å². The van der Waals surface area contributed by atoms with Crippen LogP contribution >= 0.6 is 0 Å². The molecule has 29 heavy (non-hydrogen) atoms. The first-order valence-electron chi connectivity index (χ1n) is 9.11. The van der Waals surface area contributed by atoms with E-state index in [4.69, 9.17) is 0 Å². The van der Waals surface area contributed by atoms with Crippen molar-refractivity contribution < 1.29 is 28.7 Å². The van der Waals surface area contributed by atoms with Crippen molar-refractivity contribution in [1.29, 1.82) is 0 Å². The summed E-state index contributed by atoms with van der Waals surface area (Å²) in [6.45, 7) is 15.7. The zero-order chi connectivity index (χ0) is 24.3. The van der Waals surface area contributed by atoms with E-state index in [0.717, 1.165) is 12.1 Å². The van der Waals surface area contributed by atoms with Crippen LogP contribution in [0.2, 0.25) is 0 Å². The minimum Gasteiger partial charge on any atom is -0.469 e. The Hall–Kier alpha value is -2.64. The number of amides is 1. The van der Waals surface area contributed by atoms with Crippen molar-refractivity contribution in [3.8, 4) is 0 Å². The summed E-state index contributed by atoms with van der Waals surface area (Å²) in [6.07, 6.45) is 6.70. The molecule has 0 bridgehead atoms. The summed E-state index contributed by atoms with van der Waals surface area (Å²) in [6, 6.07) is 0. The van der Waals surface area contributed by atoms with Crippen LogP contribution in [0.5, 0.6) is 0 Å². The van der Waals surface area contributed by atoms with Crippen LogP contribution in [-0.2, 0) is 28.7 Å². The number of hydrogen-bond donors (Lipinski definition) is 1.